The topological polar surface area (TPSA) is 55.4 Å². The number of carbonyl (C=O) groups excluding carboxylic acids is 2. The fourth-order valence-corrected chi connectivity index (χ4v) is 2.48. The average molecular weight is 275 g/mol. The second-order valence-corrected chi connectivity index (χ2v) is 4.82. The van der Waals surface area contributed by atoms with Gasteiger partial charge < -0.3 is 10.1 Å². The molecule has 5 heteroatoms. The van der Waals surface area contributed by atoms with E-state index in [1.54, 1.807) is 37.4 Å². The van der Waals surface area contributed by atoms with Crippen molar-refractivity contribution < 1.29 is 14.3 Å². The molecule has 0 radical (unpaired) electrons. The van der Waals surface area contributed by atoms with Crippen molar-refractivity contribution in [3.05, 3.63) is 46.2 Å². The van der Waals surface area contributed by atoms with E-state index in [1.165, 1.54) is 18.3 Å². The first kappa shape index (κ1) is 13.3. The molecule has 0 aliphatic carbocycles. The molecule has 1 heterocycles. The van der Waals surface area contributed by atoms with Crippen LogP contribution in [-0.2, 0) is 4.79 Å². The van der Waals surface area contributed by atoms with Gasteiger partial charge in [-0.25, -0.2) is 0 Å². The highest BCUT2D eigenvalue weighted by Gasteiger charge is 2.15. The lowest BCUT2D eigenvalue weighted by molar-refractivity contribution is -0.114. The van der Waals surface area contributed by atoms with Gasteiger partial charge in [0.25, 0.3) is 0 Å². The number of benzene rings is 1. The van der Waals surface area contributed by atoms with Gasteiger partial charge in [0.05, 0.1) is 7.11 Å². The summed E-state index contributed by atoms with van der Waals surface area (Å²) in [4.78, 5) is 23.8. The van der Waals surface area contributed by atoms with Crippen molar-refractivity contribution in [1.82, 2.24) is 0 Å². The van der Waals surface area contributed by atoms with E-state index in [9.17, 15) is 9.59 Å². The zero-order valence-corrected chi connectivity index (χ0v) is 11.4. The van der Waals surface area contributed by atoms with Crippen LogP contribution in [0, 0.1) is 0 Å². The van der Waals surface area contributed by atoms with Gasteiger partial charge in [-0.1, -0.05) is 0 Å². The molecule has 1 aromatic carbocycles. The average Bonchev–Trinajstić information content (AvgIpc) is 2.86. The van der Waals surface area contributed by atoms with E-state index >= 15 is 0 Å². The zero-order valence-electron chi connectivity index (χ0n) is 10.6. The number of ketones is 1. The first-order valence-corrected chi connectivity index (χ1v) is 6.53. The molecular weight excluding hydrogens is 262 g/mol. The van der Waals surface area contributed by atoms with Crippen LogP contribution in [0.3, 0.4) is 0 Å². The van der Waals surface area contributed by atoms with Crippen LogP contribution in [0.2, 0.25) is 0 Å². The number of amides is 1. The Labute approximate surface area is 115 Å². The number of hydrogen-bond acceptors (Lipinski definition) is 4. The van der Waals surface area contributed by atoms with Crippen LogP contribution in [0.25, 0.3) is 0 Å². The van der Waals surface area contributed by atoms with E-state index in [4.69, 9.17) is 4.74 Å². The van der Waals surface area contributed by atoms with Gasteiger partial charge in [-0.3, -0.25) is 9.59 Å². The number of nitrogens with one attached hydrogen (secondary N) is 1. The Morgan fingerprint density at radius 2 is 1.84 bits per heavy atom. The lowest BCUT2D eigenvalue weighted by atomic mass is 10.1. The number of rotatable bonds is 4. The monoisotopic (exact) mass is 275 g/mol. The number of ether oxygens (including phenoxy) is 1. The van der Waals surface area contributed by atoms with Crippen LogP contribution in [-0.4, -0.2) is 18.8 Å². The molecule has 0 fully saturated rings. The Bertz CT molecular complexity index is 601. The van der Waals surface area contributed by atoms with E-state index in [0.29, 0.717) is 21.9 Å². The normalized spacial score (nSPS) is 10.0. The van der Waals surface area contributed by atoms with Crippen molar-refractivity contribution in [2.45, 2.75) is 6.92 Å². The Morgan fingerprint density at radius 3 is 2.42 bits per heavy atom. The minimum Gasteiger partial charge on any atom is -0.495 e. The maximum Gasteiger partial charge on any atom is 0.221 e. The second kappa shape index (κ2) is 5.67. The summed E-state index contributed by atoms with van der Waals surface area (Å²) in [6, 6.07) is 8.55. The van der Waals surface area contributed by atoms with Crippen molar-refractivity contribution in [3.8, 4) is 5.75 Å². The minimum atomic E-state index is -0.140. The second-order valence-electron chi connectivity index (χ2n) is 3.91. The summed E-state index contributed by atoms with van der Waals surface area (Å²) in [7, 11) is 1.54. The van der Waals surface area contributed by atoms with Gasteiger partial charge in [-0.2, -0.15) is 0 Å². The SMILES string of the molecule is COc1ccsc1C(=O)c1ccc(NC(C)=O)cc1. The van der Waals surface area contributed by atoms with Crippen LogP contribution in [0.1, 0.15) is 22.2 Å². The largest absolute Gasteiger partial charge is 0.495 e. The molecule has 2 aromatic rings. The molecule has 0 saturated carbocycles. The summed E-state index contributed by atoms with van der Waals surface area (Å²) in [5.41, 5.74) is 1.23. The molecule has 0 saturated heterocycles. The van der Waals surface area contributed by atoms with E-state index in [2.05, 4.69) is 5.32 Å². The molecule has 4 nitrogen and oxygen atoms in total. The van der Waals surface area contributed by atoms with Crippen LogP contribution < -0.4 is 10.1 Å². The van der Waals surface area contributed by atoms with Crippen LogP contribution in [0.4, 0.5) is 5.69 Å². The van der Waals surface area contributed by atoms with Gasteiger partial charge in [0, 0.05) is 18.2 Å². The van der Waals surface area contributed by atoms with Gasteiger partial charge in [-0.15, -0.1) is 11.3 Å². The third-order valence-corrected chi connectivity index (χ3v) is 3.42. The Kier molecular flexibility index (Phi) is 3.97. The molecule has 1 amide bonds. The Morgan fingerprint density at radius 1 is 1.16 bits per heavy atom. The summed E-state index contributed by atoms with van der Waals surface area (Å²) in [6.07, 6.45) is 0. The molecule has 1 N–H and O–H groups in total. The van der Waals surface area contributed by atoms with Crippen LogP contribution >= 0.6 is 11.3 Å². The summed E-state index contributed by atoms with van der Waals surface area (Å²) in [5.74, 6) is 0.362. The molecule has 0 spiro atoms. The molecule has 0 bridgehead atoms. The summed E-state index contributed by atoms with van der Waals surface area (Å²) in [5, 5.41) is 4.47. The maximum atomic E-state index is 12.3. The number of carbonyl (C=O) groups is 2. The Balaban J connectivity index is 2.22. The molecule has 1 aromatic heterocycles. The highest BCUT2D eigenvalue weighted by atomic mass is 32.1. The van der Waals surface area contributed by atoms with Crippen molar-refractivity contribution in [3.63, 3.8) is 0 Å². The fraction of sp³-hybridized carbons (Fsp3) is 0.143. The molecule has 0 aliphatic rings. The third kappa shape index (κ3) is 3.00. The Hall–Kier alpha value is -2.14. The molecule has 0 unspecified atom stereocenters. The predicted octanol–water partition coefficient (Wildman–Crippen LogP) is 2.95. The maximum absolute atomic E-state index is 12.3. The number of hydrogen-bond donors (Lipinski definition) is 1. The number of thiophene rings is 1. The quantitative estimate of drug-likeness (QED) is 0.873. The molecule has 0 atom stereocenters. The molecular formula is C14H13NO3S. The van der Waals surface area contributed by atoms with Crippen molar-refractivity contribution in [1.29, 1.82) is 0 Å². The zero-order chi connectivity index (χ0) is 13.8. The molecule has 98 valence electrons. The lowest BCUT2D eigenvalue weighted by Crippen LogP contribution is -2.06. The van der Waals surface area contributed by atoms with E-state index < -0.39 is 0 Å². The van der Waals surface area contributed by atoms with Crippen molar-refractivity contribution in [2.24, 2.45) is 0 Å². The molecule has 2 rings (SSSR count). The summed E-state index contributed by atoms with van der Waals surface area (Å²) >= 11 is 1.35. The lowest BCUT2D eigenvalue weighted by Gasteiger charge is -2.04. The van der Waals surface area contributed by atoms with Gasteiger partial charge in [-0.05, 0) is 35.7 Å². The van der Waals surface area contributed by atoms with Gasteiger partial charge in [0.1, 0.15) is 10.6 Å². The van der Waals surface area contributed by atoms with Crippen LogP contribution in [0.5, 0.6) is 5.75 Å². The number of methoxy groups -OCH3 is 1. The molecule has 0 aliphatic heterocycles. The van der Waals surface area contributed by atoms with Gasteiger partial charge in [0.15, 0.2) is 0 Å². The van der Waals surface area contributed by atoms with E-state index in [1.807, 2.05) is 5.38 Å². The smallest absolute Gasteiger partial charge is 0.221 e. The highest BCUT2D eigenvalue weighted by Crippen LogP contribution is 2.27. The summed E-state index contributed by atoms with van der Waals surface area (Å²) < 4.78 is 5.14. The predicted molar refractivity (Wildman–Crippen MR) is 75.0 cm³/mol. The summed E-state index contributed by atoms with van der Waals surface area (Å²) in [6.45, 7) is 1.44. The van der Waals surface area contributed by atoms with E-state index in [0.717, 1.165) is 0 Å². The number of anilines is 1. The first-order chi connectivity index (χ1) is 9.11. The van der Waals surface area contributed by atoms with E-state index in [-0.39, 0.29) is 11.7 Å². The first-order valence-electron chi connectivity index (χ1n) is 5.65. The van der Waals surface area contributed by atoms with Crippen molar-refractivity contribution in [2.75, 3.05) is 12.4 Å². The van der Waals surface area contributed by atoms with Gasteiger partial charge in [0.2, 0.25) is 11.7 Å². The standard InChI is InChI=1S/C14H13NO3S/c1-9(16)15-11-5-3-10(4-6-11)13(17)14-12(18-2)7-8-19-14/h3-8H,1-2H3,(H,15,16). The molecule has 19 heavy (non-hydrogen) atoms. The van der Waals surface area contributed by atoms with Gasteiger partial charge >= 0.3 is 0 Å². The fourth-order valence-electron chi connectivity index (χ4n) is 1.66. The minimum absolute atomic E-state index is 0.0822. The third-order valence-electron chi connectivity index (χ3n) is 2.52. The van der Waals surface area contributed by atoms with Crippen molar-refractivity contribution >= 4 is 28.7 Å². The van der Waals surface area contributed by atoms with Crippen LogP contribution in [0.15, 0.2) is 35.7 Å². The highest BCUT2D eigenvalue weighted by molar-refractivity contribution is 7.12.